The van der Waals surface area contributed by atoms with Crippen LogP contribution in [0.4, 0.5) is 13.6 Å². The van der Waals surface area contributed by atoms with Crippen LogP contribution in [0.15, 0.2) is 59.1 Å². The van der Waals surface area contributed by atoms with Crippen molar-refractivity contribution in [2.75, 3.05) is 13.1 Å². The van der Waals surface area contributed by atoms with Crippen LogP contribution >= 0.6 is 15.9 Å². The van der Waals surface area contributed by atoms with E-state index in [1.807, 2.05) is 30.3 Å². The molecule has 40 heavy (non-hydrogen) atoms. The van der Waals surface area contributed by atoms with E-state index in [4.69, 9.17) is 4.74 Å². The van der Waals surface area contributed by atoms with E-state index < -0.39 is 60.4 Å². The number of aliphatic hydroxyl groups is 1. The van der Waals surface area contributed by atoms with Crippen LogP contribution in [0.3, 0.4) is 0 Å². The second-order valence-electron chi connectivity index (χ2n) is 10.8. The van der Waals surface area contributed by atoms with E-state index in [1.165, 1.54) is 4.90 Å². The van der Waals surface area contributed by atoms with Gasteiger partial charge in [-0.15, -0.1) is 0 Å². The molecule has 3 aliphatic heterocycles. The molecule has 1 saturated carbocycles. The number of fused-ring (bicyclic) bond motifs is 3. The summed E-state index contributed by atoms with van der Waals surface area (Å²) in [5, 5.41) is 13.1. The first-order chi connectivity index (χ1) is 19.1. The minimum atomic E-state index is -3.09. The molecule has 3 heterocycles. The fourth-order valence-electron chi connectivity index (χ4n) is 6.13. The Labute approximate surface area is 239 Å². The molecular formula is C29H32BrF2N3O5. The summed E-state index contributed by atoms with van der Waals surface area (Å²) < 4.78 is 36.4. The van der Waals surface area contributed by atoms with Gasteiger partial charge in [-0.05, 0) is 42.5 Å². The number of ether oxygens (including phenoxy) is 1. The fourth-order valence-corrected chi connectivity index (χ4v) is 6.40. The van der Waals surface area contributed by atoms with E-state index in [-0.39, 0.29) is 32.5 Å². The van der Waals surface area contributed by atoms with Gasteiger partial charge in [0.1, 0.15) is 18.7 Å². The Morgan fingerprint density at radius 1 is 1.05 bits per heavy atom. The number of β-amino-alcohol motifs (C(OH)–C–C–N with tert-alkyl or cyclic N) is 1. The number of amides is 3. The molecule has 2 aromatic rings. The van der Waals surface area contributed by atoms with Gasteiger partial charge in [0.25, 0.3) is 5.92 Å². The number of likely N-dealkylation sites (tertiary alicyclic amines) is 1. The van der Waals surface area contributed by atoms with Crippen molar-refractivity contribution >= 4 is 33.8 Å². The van der Waals surface area contributed by atoms with Crippen LogP contribution < -0.4 is 5.32 Å². The number of benzene rings is 2. The number of carbonyl (C=O) groups excluding carboxylic acids is 3. The molecule has 0 spiro atoms. The predicted octanol–water partition coefficient (Wildman–Crippen LogP) is 3.89. The summed E-state index contributed by atoms with van der Waals surface area (Å²) >= 11 is 3.38. The summed E-state index contributed by atoms with van der Waals surface area (Å²) in [6.07, 6.45) is -1.35. The van der Waals surface area contributed by atoms with Gasteiger partial charge in [-0.1, -0.05) is 58.4 Å². The Morgan fingerprint density at radius 3 is 2.48 bits per heavy atom. The number of nitrogens with one attached hydrogen (secondary N) is 1. The summed E-state index contributed by atoms with van der Waals surface area (Å²) in [5.74, 6) is -5.64. The second kappa shape index (κ2) is 11.8. The van der Waals surface area contributed by atoms with Crippen molar-refractivity contribution in [3.8, 4) is 0 Å². The number of carbonyl (C=O) groups is 3. The Hall–Kier alpha value is -3.05. The van der Waals surface area contributed by atoms with Gasteiger partial charge in [-0.3, -0.25) is 14.5 Å². The molecule has 1 unspecified atom stereocenters. The Morgan fingerprint density at radius 2 is 1.77 bits per heavy atom. The van der Waals surface area contributed by atoms with Crippen LogP contribution in [0.1, 0.15) is 36.8 Å². The normalized spacial score (nSPS) is 26.9. The molecule has 1 aliphatic carbocycles. The van der Waals surface area contributed by atoms with E-state index in [1.54, 1.807) is 24.3 Å². The maximum atomic E-state index is 15.0. The number of hydrogen-bond donors (Lipinski definition) is 2. The van der Waals surface area contributed by atoms with Crippen LogP contribution in [-0.2, 0) is 27.4 Å². The maximum absolute atomic E-state index is 15.0. The van der Waals surface area contributed by atoms with Gasteiger partial charge in [0.2, 0.25) is 11.8 Å². The van der Waals surface area contributed by atoms with Crippen molar-refractivity contribution in [3.05, 3.63) is 70.2 Å². The van der Waals surface area contributed by atoms with Crippen LogP contribution in [0.25, 0.3) is 0 Å². The van der Waals surface area contributed by atoms with E-state index in [0.29, 0.717) is 12.8 Å². The highest BCUT2D eigenvalue weighted by atomic mass is 79.9. The van der Waals surface area contributed by atoms with Gasteiger partial charge in [-0.25, -0.2) is 13.6 Å². The van der Waals surface area contributed by atoms with Gasteiger partial charge < -0.3 is 20.1 Å². The first kappa shape index (κ1) is 28.5. The monoisotopic (exact) mass is 619 g/mol. The number of aliphatic hydroxyl groups excluding tert-OH is 1. The van der Waals surface area contributed by atoms with Gasteiger partial charge in [0.05, 0.1) is 18.6 Å². The van der Waals surface area contributed by atoms with Crippen molar-refractivity contribution < 1.29 is 33.0 Å². The second-order valence-corrected chi connectivity index (χ2v) is 11.7. The minimum absolute atomic E-state index is 0.0167. The summed E-state index contributed by atoms with van der Waals surface area (Å²) in [4.78, 5) is 42.7. The number of piperidine rings is 2. The van der Waals surface area contributed by atoms with E-state index in [0.717, 1.165) is 20.5 Å². The van der Waals surface area contributed by atoms with Crippen LogP contribution in [0, 0.1) is 5.92 Å². The molecule has 6 rings (SSSR count). The number of rotatable bonds is 7. The highest BCUT2D eigenvalue weighted by Crippen LogP contribution is 2.49. The third kappa shape index (κ3) is 6.00. The van der Waals surface area contributed by atoms with Gasteiger partial charge in [0.15, 0.2) is 0 Å². The molecule has 2 N–H and O–H groups in total. The fraction of sp³-hybridized carbons (Fsp3) is 0.483. The molecule has 8 nitrogen and oxygen atoms in total. The maximum Gasteiger partial charge on any atom is 0.410 e. The van der Waals surface area contributed by atoms with Gasteiger partial charge in [0, 0.05) is 29.9 Å². The van der Waals surface area contributed by atoms with Crippen LogP contribution in [-0.4, -0.2) is 76.1 Å². The lowest BCUT2D eigenvalue weighted by atomic mass is 9.71. The molecule has 214 valence electrons. The molecule has 2 bridgehead atoms. The first-order valence-electron chi connectivity index (χ1n) is 13.5. The molecule has 2 aromatic carbocycles. The highest BCUT2D eigenvalue weighted by molar-refractivity contribution is 9.10. The van der Waals surface area contributed by atoms with E-state index >= 15 is 8.78 Å². The first-order valence-corrected chi connectivity index (χ1v) is 14.3. The highest BCUT2D eigenvalue weighted by Gasteiger charge is 2.61. The van der Waals surface area contributed by atoms with Crippen molar-refractivity contribution in [2.24, 2.45) is 5.92 Å². The van der Waals surface area contributed by atoms with Crippen LogP contribution in [0.2, 0.25) is 0 Å². The molecule has 3 amide bonds. The van der Waals surface area contributed by atoms with Gasteiger partial charge in [-0.2, -0.15) is 0 Å². The Balaban J connectivity index is 1.30. The summed E-state index contributed by atoms with van der Waals surface area (Å²) in [5.41, 5.74) is 1.73. The topological polar surface area (TPSA) is 99.2 Å². The molecule has 5 atom stereocenters. The molecule has 0 radical (unpaired) electrons. The number of alkyl halides is 2. The molecule has 4 fully saturated rings. The third-order valence-corrected chi connectivity index (χ3v) is 8.62. The molecular weight excluding hydrogens is 588 g/mol. The van der Waals surface area contributed by atoms with Crippen molar-refractivity contribution in [1.82, 2.24) is 15.1 Å². The third-order valence-electron chi connectivity index (χ3n) is 8.09. The average molecular weight is 620 g/mol. The zero-order valence-corrected chi connectivity index (χ0v) is 23.4. The number of halogens is 3. The summed E-state index contributed by atoms with van der Waals surface area (Å²) in [7, 11) is 0. The average Bonchev–Trinajstić information content (AvgIpc) is 3.34. The van der Waals surface area contributed by atoms with E-state index in [9.17, 15) is 19.5 Å². The van der Waals surface area contributed by atoms with Gasteiger partial charge >= 0.3 is 6.09 Å². The van der Waals surface area contributed by atoms with E-state index in [2.05, 4.69) is 21.2 Å². The lowest BCUT2D eigenvalue weighted by molar-refractivity contribution is -0.196. The number of hydrogen-bond acceptors (Lipinski definition) is 5. The summed E-state index contributed by atoms with van der Waals surface area (Å²) in [6, 6.07) is 13.3. The molecule has 4 aliphatic rings. The quantitative estimate of drug-likeness (QED) is 0.490. The zero-order chi connectivity index (χ0) is 28.4. The smallest absolute Gasteiger partial charge is 0.410 e. The summed E-state index contributed by atoms with van der Waals surface area (Å²) in [6.45, 7) is 0.0887. The number of nitrogens with zero attached hydrogens (tertiary/aromatic N) is 2. The van der Waals surface area contributed by atoms with Crippen molar-refractivity contribution in [3.63, 3.8) is 0 Å². The Kier molecular flexibility index (Phi) is 8.42. The molecule has 3 saturated heterocycles. The largest absolute Gasteiger partial charge is 0.445 e. The zero-order valence-electron chi connectivity index (χ0n) is 21.8. The molecule has 11 heteroatoms. The predicted molar refractivity (Wildman–Crippen MR) is 145 cm³/mol. The van der Waals surface area contributed by atoms with Crippen LogP contribution in [0.5, 0.6) is 0 Å². The Bertz CT molecular complexity index is 1230. The molecule has 0 aromatic heterocycles. The lowest BCUT2D eigenvalue weighted by Gasteiger charge is -2.54. The SMILES string of the molecule is O=C(NCCc1ccc(Br)cc1)C1[C@H]2CC[C@H](CC2(F)F)N1C(=O)[C@@H]1C[C@H](O)CN1C(=O)OCc1ccccc1. The van der Waals surface area contributed by atoms with Crippen molar-refractivity contribution in [1.29, 1.82) is 0 Å². The van der Waals surface area contributed by atoms with Crippen molar-refractivity contribution in [2.45, 2.75) is 68.9 Å². The standard InChI is InChI=1S/C29H32BrF2N3O5/c30-20-8-6-18(7-9-20)12-13-33-26(37)25-23-11-10-21(15-29(23,31)32)35(25)27(38)24-14-22(36)16-34(24)28(39)40-17-19-4-2-1-3-5-19/h1-9,21-25,36H,10-17H2,(H,33,37)/t21-,22+,23-,24+,25?/m1/s1. The minimum Gasteiger partial charge on any atom is -0.445 e. The lowest BCUT2D eigenvalue weighted by Crippen LogP contribution is -2.70.